The summed E-state index contributed by atoms with van der Waals surface area (Å²) in [5.74, 6) is 0.286. The zero-order valence-electron chi connectivity index (χ0n) is 10.9. The second-order valence-corrected chi connectivity index (χ2v) is 4.52. The maximum absolute atomic E-state index is 13.1. The zero-order valence-corrected chi connectivity index (χ0v) is 10.9. The fraction of sp³-hybridized carbons (Fsp3) is 0.231. The number of halogens is 3. The lowest BCUT2D eigenvalue weighted by atomic mass is 10.1. The molecule has 5 nitrogen and oxygen atoms in total. The molecule has 0 saturated carbocycles. The predicted octanol–water partition coefficient (Wildman–Crippen LogP) is 3.46. The maximum atomic E-state index is 13.1. The van der Waals surface area contributed by atoms with Crippen LogP contribution >= 0.6 is 0 Å². The highest BCUT2D eigenvalue weighted by molar-refractivity contribution is 5.81. The molecule has 0 spiro atoms. The molecule has 0 amide bonds. The number of nitrogens with one attached hydrogen (secondary N) is 1. The number of hydrogen-bond donors (Lipinski definition) is 1. The number of ether oxygens (including phenoxy) is 1. The van der Waals surface area contributed by atoms with Crippen molar-refractivity contribution < 1.29 is 22.4 Å². The first kappa shape index (κ1) is 13.5. The van der Waals surface area contributed by atoms with Crippen LogP contribution in [0.15, 0.2) is 28.9 Å². The van der Waals surface area contributed by atoms with Gasteiger partial charge in [0.2, 0.25) is 0 Å². The topological polar surface area (TPSA) is 63.9 Å². The van der Waals surface area contributed by atoms with Gasteiger partial charge in [0.1, 0.15) is 23.8 Å². The monoisotopic (exact) mass is 297 g/mol. The van der Waals surface area contributed by atoms with Gasteiger partial charge in [-0.15, -0.1) is 0 Å². The summed E-state index contributed by atoms with van der Waals surface area (Å²) in [6, 6.07) is 3.88. The summed E-state index contributed by atoms with van der Waals surface area (Å²) in [4.78, 5) is 0. The van der Waals surface area contributed by atoms with E-state index >= 15 is 0 Å². The molecule has 1 aromatic carbocycles. The van der Waals surface area contributed by atoms with Gasteiger partial charge in [-0.05, 0) is 13.0 Å². The third kappa shape index (κ3) is 2.69. The van der Waals surface area contributed by atoms with E-state index in [0.717, 1.165) is 6.07 Å². The lowest BCUT2D eigenvalue weighted by Gasteiger charge is -2.13. The van der Waals surface area contributed by atoms with Gasteiger partial charge in [0.15, 0.2) is 0 Å². The van der Waals surface area contributed by atoms with Crippen molar-refractivity contribution in [3.05, 3.63) is 41.4 Å². The van der Waals surface area contributed by atoms with Gasteiger partial charge >= 0.3 is 6.18 Å². The number of aryl methyl sites for hydroxylation is 1. The molecule has 0 aliphatic rings. The fourth-order valence-electron chi connectivity index (χ4n) is 1.95. The Balaban J connectivity index is 1.95. The normalized spacial score (nSPS) is 12.0. The molecule has 3 aromatic rings. The Morgan fingerprint density at radius 2 is 2.10 bits per heavy atom. The third-order valence-electron chi connectivity index (χ3n) is 2.90. The highest BCUT2D eigenvalue weighted by atomic mass is 19.4. The largest absolute Gasteiger partial charge is 0.486 e. The number of aromatic amines is 1. The number of rotatable bonds is 3. The van der Waals surface area contributed by atoms with Gasteiger partial charge in [-0.25, -0.2) is 0 Å². The summed E-state index contributed by atoms with van der Waals surface area (Å²) < 4.78 is 49.3. The molecule has 0 radical (unpaired) electrons. The molecule has 110 valence electrons. The van der Waals surface area contributed by atoms with Crippen LogP contribution in [0.1, 0.15) is 17.0 Å². The second kappa shape index (κ2) is 4.80. The Kier molecular flexibility index (Phi) is 3.08. The maximum Gasteiger partial charge on any atom is 0.419 e. The molecule has 0 aliphatic heterocycles. The van der Waals surface area contributed by atoms with E-state index in [2.05, 4.69) is 15.4 Å². The van der Waals surface area contributed by atoms with Crippen molar-refractivity contribution in [2.75, 3.05) is 0 Å². The van der Waals surface area contributed by atoms with E-state index in [9.17, 15) is 13.2 Å². The minimum Gasteiger partial charge on any atom is -0.486 e. The van der Waals surface area contributed by atoms with Gasteiger partial charge in [-0.3, -0.25) is 5.10 Å². The molecule has 0 unspecified atom stereocenters. The van der Waals surface area contributed by atoms with Crippen molar-refractivity contribution in [3.63, 3.8) is 0 Å². The first-order valence-electron chi connectivity index (χ1n) is 6.03. The Bertz CT molecular complexity index is 776. The van der Waals surface area contributed by atoms with Crippen molar-refractivity contribution in [2.45, 2.75) is 19.7 Å². The molecule has 8 heteroatoms. The number of nitrogens with zero attached hydrogens (tertiary/aromatic N) is 2. The molecule has 2 heterocycles. The SMILES string of the molecule is Cc1cc(COc2cc3[nH]ncc3cc2C(F)(F)F)no1. The summed E-state index contributed by atoms with van der Waals surface area (Å²) in [6.07, 6.45) is -3.18. The predicted molar refractivity (Wildman–Crippen MR) is 66.7 cm³/mol. The lowest BCUT2D eigenvalue weighted by Crippen LogP contribution is -2.09. The van der Waals surface area contributed by atoms with Crippen LogP contribution in [-0.4, -0.2) is 15.4 Å². The van der Waals surface area contributed by atoms with E-state index < -0.39 is 11.7 Å². The number of aromatic nitrogens is 3. The second-order valence-electron chi connectivity index (χ2n) is 4.52. The van der Waals surface area contributed by atoms with Crippen LogP contribution in [0.3, 0.4) is 0 Å². The summed E-state index contributed by atoms with van der Waals surface area (Å²) >= 11 is 0. The molecule has 0 fully saturated rings. The average Bonchev–Trinajstić information content (AvgIpc) is 3.02. The van der Waals surface area contributed by atoms with Gasteiger partial charge in [0, 0.05) is 17.5 Å². The number of hydrogen-bond acceptors (Lipinski definition) is 4. The Labute approximate surface area is 116 Å². The van der Waals surface area contributed by atoms with Crippen molar-refractivity contribution in [1.82, 2.24) is 15.4 Å². The number of alkyl halides is 3. The molecule has 3 rings (SSSR count). The van der Waals surface area contributed by atoms with Crippen LogP contribution in [-0.2, 0) is 12.8 Å². The molecule has 0 atom stereocenters. The summed E-state index contributed by atoms with van der Waals surface area (Å²) in [5.41, 5.74) is 0.0382. The van der Waals surface area contributed by atoms with Gasteiger partial charge in [-0.1, -0.05) is 5.16 Å². The van der Waals surface area contributed by atoms with Crippen LogP contribution in [0.2, 0.25) is 0 Å². The van der Waals surface area contributed by atoms with E-state index in [4.69, 9.17) is 9.26 Å². The van der Waals surface area contributed by atoms with E-state index in [-0.39, 0.29) is 12.4 Å². The standard InChI is InChI=1S/C13H10F3N3O2/c1-7-2-9(19-21-7)6-20-12-4-11-8(5-17-18-11)3-10(12)13(14,15)16/h2-5H,6H2,1H3,(H,17,18). The minimum atomic E-state index is -4.51. The Morgan fingerprint density at radius 3 is 2.76 bits per heavy atom. The van der Waals surface area contributed by atoms with Crippen molar-refractivity contribution in [2.24, 2.45) is 0 Å². The molecule has 2 aromatic heterocycles. The summed E-state index contributed by atoms with van der Waals surface area (Å²) in [6.45, 7) is 1.58. The first-order valence-corrected chi connectivity index (χ1v) is 6.03. The summed E-state index contributed by atoms with van der Waals surface area (Å²) in [5, 5.41) is 10.4. The van der Waals surface area contributed by atoms with Crippen molar-refractivity contribution in [3.8, 4) is 5.75 Å². The van der Waals surface area contributed by atoms with Crippen molar-refractivity contribution >= 4 is 10.9 Å². The molecule has 21 heavy (non-hydrogen) atoms. The van der Waals surface area contributed by atoms with Crippen LogP contribution in [0.5, 0.6) is 5.75 Å². The van der Waals surface area contributed by atoms with Gasteiger partial charge in [0.25, 0.3) is 0 Å². The zero-order chi connectivity index (χ0) is 15.0. The fourth-order valence-corrected chi connectivity index (χ4v) is 1.95. The third-order valence-corrected chi connectivity index (χ3v) is 2.90. The Morgan fingerprint density at radius 1 is 1.29 bits per heavy atom. The highest BCUT2D eigenvalue weighted by Crippen LogP contribution is 2.38. The van der Waals surface area contributed by atoms with Gasteiger partial charge in [-0.2, -0.15) is 18.3 Å². The van der Waals surface area contributed by atoms with Crippen LogP contribution in [0.25, 0.3) is 10.9 Å². The molecule has 0 saturated heterocycles. The molecule has 1 N–H and O–H groups in total. The highest BCUT2D eigenvalue weighted by Gasteiger charge is 2.35. The minimum absolute atomic E-state index is 0.111. The van der Waals surface area contributed by atoms with Crippen LogP contribution in [0.4, 0.5) is 13.2 Å². The van der Waals surface area contributed by atoms with Gasteiger partial charge in [0.05, 0.1) is 17.3 Å². The number of fused-ring (bicyclic) bond motifs is 1. The van der Waals surface area contributed by atoms with Crippen LogP contribution < -0.4 is 4.74 Å². The number of benzene rings is 1. The molecule has 0 aliphatic carbocycles. The van der Waals surface area contributed by atoms with E-state index in [1.54, 1.807) is 13.0 Å². The van der Waals surface area contributed by atoms with Gasteiger partial charge < -0.3 is 9.26 Å². The smallest absolute Gasteiger partial charge is 0.419 e. The molecular weight excluding hydrogens is 287 g/mol. The van der Waals surface area contributed by atoms with E-state index in [1.165, 1.54) is 12.3 Å². The molecule has 0 bridgehead atoms. The Hall–Kier alpha value is -2.51. The van der Waals surface area contributed by atoms with E-state index in [1.807, 2.05) is 0 Å². The van der Waals surface area contributed by atoms with Crippen LogP contribution in [0, 0.1) is 6.92 Å². The van der Waals surface area contributed by atoms with E-state index in [0.29, 0.717) is 22.4 Å². The first-order chi connectivity index (χ1) is 9.93. The number of H-pyrrole nitrogens is 1. The molecular formula is C13H10F3N3O2. The lowest BCUT2D eigenvalue weighted by molar-refractivity contribution is -0.138. The quantitative estimate of drug-likeness (QED) is 0.804. The van der Waals surface area contributed by atoms with Crippen molar-refractivity contribution in [1.29, 1.82) is 0 Å². The average molecular weight is 297 g/mol. The summed E-state index contributed by atoms with van der Waals surface area (Å²) in [7, 11) is 0.